The van der Waals surface area contributed by atoms with E-state index in [4.69, 9.17) is 11.6 Å². The normalized spacial score (nSPS) is 10.1. The summed E-state index contributed by atoms with van der Waals surface area (Å²) >= 11 is 7.07. The maximum atomic E-state index is 9.17. The van der Waals surface area contributed by atoms with Crippen molar-refractivity contribution in [2.24, 2.45) is 0 Å². The molecular weight excluding hydrogens is 268 g/mol. The molecule has 6 heteroatoms. The number of pyridine rings is 1. The Morgan fingerprint density at radius 3 is 2.67 bits per heavy atom. The zero-order chi connectivity index (χ0) is 13.1. The van der Waals surface area contributed by atoms with Gasteiger partial charge >= 0.3 is 0 Å². The van der Waals surface area contributed by atoms with Crippen LogP contribution in [-0.4, -0.2) is 15.2 Å². The van der Waals surface area contributed by atoms with E-state index in [0.29, 0.717) is 15.6 Å². The minimum absolute atomic E-state index is 0.546. The van der Waals surface area contributed by atoms with Crippen molar-refractivity contribution >= 4 is 23.4 Å². The van der Waals surface area contributed by atoms with Gasteiger partial charge in [0.1, 0.15) is 16.1 Å². The molecule has 0 N–H and O–H groups in total. The summed E-state index contributed by atoms with van der Waals surface area (Å²) in [7, 11) is 0. The lowest BCUT2D eigenvalue weighted by molar-refractivity contribution is 0.869. The van der Waals surface area contributed by atoms with E-state index in [2.05, 4.69) is 21.3 Å². The molecule has 0 bridgehead atoms. The summed E-state index contributed by atoms with van der Waals surface area (Å²) in [6, 6.07) is 5.69. The lowest BCUT2D eigenvalue weighted by Crippen LogP contribution is -1.99. The number of aryl methyl sites for hydroxylation is 1. The van der Waals surface area contributed by atoms with Crippen LogP contribution in [0.25, 0.3) is 0 Å². The zero-order valence-electron chi connectivity index (χ0n) is 9.81. The van der Waals surface area contributed by atoms with E-state index < -0.39 is 0 Å². The number of hydrogen-bond acceptors (Lipinski definition) is 5. The Balaban J connectivity index is 2.38. The van der Waals surface area contributed by atoms with Gasteiger partial charge in [0.25, 0.3) is 0 Å². The highest BCUT2D eigenvalue weighted by Gasteiger charge is 2.12. The van der Waals surface area contributed by atoms with Crippen molar-refractivity contribution < 1.29 is 0 Å². The van der Waals surface area contributed by atoms with Crippen molar-refractivity contribution in [2.75, 3.05) is 0 Å². The first-order valence-corrected chi connectivity index (χ1v) is 6.34. The van der Waals surface area contributed by atoms with Crippen molar-refractivity contribution in [3.8, 4) is 6.07 Å². The highest BCUT2D eigenvalue weighted by molar-refractivity contribution is 7.99. The van der Waals surface area contributed by atoms with Gasteiger partial charge in [0.15, 0.2) is 0 Å². The van der Waals surface area contributed by atoms with Gasteiger partial charge in [0.2, 0.25) is 0 Å². The predicted molar refractivity (Wildman–Crippen MR) is 69.6 cm³/mol. The second-order valence-corrected chi connectivity index (χ2v) is 5.06. The van der Waals surface area contributed by atoms with Crippen LogP contribution in [-0.2, 0) is 0 Å². The van der Waals surface area contributed by atoms with Crippen molar-refractivity contribution in [1.82, 2.24) is 15.2 Å². The summed E-state index contributed by atoms with van der Waals surface area (Å²) in [4.78, 5) is 4.15. The van der Waals surface area contributed by atoms with Gasteiger partial charge in [-0.3, -0.25) is 0 Å². The van der Waals surface area contributed by atoms with Crippen LogP contribution >= 0.6 is 23.4 Å². The first-order chi connectivity index (χ1) is 8.61. The van der Waals surface area contributed by atoms with Crippen molar-refractivity contribution in [1.29, 1.82) is 5.26 Å². The van der Waals surface area contributed by atoms with Crippen LogP contribution < -0.4 is 0 Å². The molecule has 0 aliphatic rings. The van der Waals surface area contributed by atoms with E-state index in [1.54, 1.807) is 18.3 Å². The van der Waals surface area contributed by atoms with Crippen LogP contribution in [0.1, 0.15) is 16.8 Å². The lowest BCUT2D eigenvalue weighted by atomic mass is 10.1. The largest absolute Gasteiger partial charge is 0.248 e. The van der Waals surface area contributed by atoms with Gasteiger partial charge in [-0.2, -0.15) is 10.4 Å². The molecule has 0 fully saturated rings. The minimum Gasteiger partial charge on any atom is -0.248 e. The summed E-state index contributed by atoms with van der Waals surface area (Å²) in [5.74, 6) is 0. The fraction of sp³-hybridized carbons (Fsp3) is 0.167. The summed E-state index contributed by atoms with van der Waals surface area (Å²) in [6.45, 7) is 3.69. The number of aromatic nitrogens is 3. The second kappa shape index (κ2) is 5.34. The van der Waals surface area contributed by atoms with Gasteiger partial charge in [0, 0.05) is 6.20 Å². The highest BCUT2D eigenvalue weighted by atomic mass is 35.5. The molecule has 2 aromatic heterocycles. The van der Waals surface area contributed by atoms with Gasteiger partial charge in [-0.25, -0.2) is 4.98 Å². The van der Waals surface area contributed by atoms with Gasteiger partial charge < -0.3 is 0 Å². The van der Waals surface area contributed by atoms with E-state index >= 15 is 0 Å². The smallest absolute Gasteiger partial charge is 0.143 e. The predicted octanol–water partition coefficient (Wildman–Crippen LogP) is 3.16. The molecule has 0 saturated heterocycles. The Morgan fingerprint density at radius 2 is 2.06 bits per heavy atom. The number of nitrogens with zero attached hydrogens (tertiary/aromatic N) is 4. The molecule has 0 aliphatic carbocycles. The first kappa shape index (κ1) is 12.8. The molecule has 0 radical (unpaired) electrons. The Hall–Kier alpha value is -1.64. The van der Waals surface area contributed by atoms with Crippen LogP contribution in [0.3, 0.4) is 0 Å². The SMILES string of the molecule is Cc1nnc(Sc2ccc(Cl)cn2)c(C#N)c1C. The fourth-order valence-electron chi connectivity index (χ4n) is 1.31. The molecule has 0 spiro atoms. The third kappa shape index (κ3) is 2.61. The van der Waals surface area contributed by atoms with Crippen LogP contribution in [0.4, 0.5) is 0 Å². The van der Waals surface area contributed by atoms with E-state index in [1.807, 2.05) is 13.8 Å². The second-order valence-electron chi connectivity index (χ2n) is 3.62. The van der Waals surface area contributed by atoms with E-state index in [0.717, 1.165) is 16.3 Å². The summed E-state index contributed by atoms with van der Waals surface area (Å²) < 4.78 is 0. The molecule has 90 valence electrons. The van der Waals surface area contributed by atoms with E-state index in [1.165, 1.54) is 11.8 Å². The van der Waals surface area contributed by atoms with Crippen LogP contribution in [0, 0.1) is 25.2 Å². The van der Waals surface area contributed by atoms with Crippen LogP contribution in [0.2, 0.25) is 5.02 Å². The average Bonchev–Trinajstić information content (AvgIpc) is 2.37. The summed E-state index contributed by atoms with van der Waals surface area (Å²) in [5.41, 5.74) is 2.16. The molecule has 2 aromatic rings. The number of rotatable bonds is 2. The quantitative estimate of drug-likeness (QED) is 0.843. The molecule has 4 nitrogen and oxygen atoms in total. The Bertz CT molecular complexity index is 619. The molecule has 0 atom stereocenters. The first-order valence-electron chi connectivity index (χ1n) is 5.15. The van der Waals surface area contributed by atoms with Crippen molar-refractivity contribution in [3.05, 3.63) is 40.2 Å². The fourth-order valence-corrected chi connectivity index (χ4v) is 2.25. The van der Waals surface area contributed by atoms with Crippen molar-refractivity contribution in [2.45, 2.75) is 23.9 Å². The highest BCUT2D eigenvalue weighted by Crippen LogP contribution is 2.29. The molecule has 18 heavy (non-hydrogen) atoms. The van der Waals surface area contributed by atoms with Gasteiger partial charge in [-0.05, 0) is 43.3 Å². The van der Waals surface area contributed by atoms with E-state index in [9.17, 15) is 5.26 Å². The van der Waals surface area contributed by atoms with Gasteiger partial charge in [-0.15, -0.1) is 5.10 Å². The van der Waals surface area contributed by atoms with Crippen LogP contribution in [0.15, 0.2) is 28.4 Å². The molecule has 0 aliphatic heterocycles. The topological polar surface area (TPSA) is 62.5 Å². The zero-order valence-corrected chi connectivity index (χ0v) is 11.4. The van der Waals surface area contributed by atoms with Gasteiger partial charge in [0.05, 0.1) is 16.3 Å². The number of hydrogen-bond donors (Lipinski definition) is 0. The standard InChI is InChI=1S/C12H9ClN4S/c1-7-8(2)16-17-12(10(7)5-14)18-11-4-3-9(13)6-15-11/h3-4,6H,1-2H3. The molecule has 0 amide bonds. The molecule has 0 unspecified atom stereocenters. The molecule has 0 aromatic carbocycles. The Morgan fingerprint density at radius 1 is 1.28 bits per heavy atom. The monoisotopic (exact) mass is 276 g/mol. The average molecular weight is 277 g/mol. The summed E-state index contributed by atoms with van der Waals surface area (Å²) in [6.07, 6.45) is 1.56. The third-order valence-corrected chi connectivity index (χ3v) is 3.59. The Labute approximate surface area is 114 Å². The molecule has 2 rings (SSSR count). The molecular formula is C12H9ClN4S. The maximum absolute atomic E-state index is 9.17. The van der Waals surface area contributed by atoms with Crippen molar-refractivity contribution in [3.63, 3.8) is 0 Å². The Kier molecular flexibility index (Phi) is 3.80. The van der Waals surface area contributed by atoms with E-state index in [-0.39, 0.29) is 0 Å². The third-order valence-electron chi connectivity index (χ3n) is 2.44. The minimum atomic E-state index is 0.546. The number of halogens is 1. The summed E-state index contributed by atoms with van der Waals surface area (Å²) in [5, 5.41) is 19.1. The maximum Gasteiger partial charge on any atom is 0.143 e. The molecule has 0 saturated carbocycles. The molecule has 2 heterocycles. The van der Waals surface area contributed by atoms with Crippen LogP contribution in [0.5, 0.6) is 0 Å². The van der Waals surface area contributed by atoms with Gasteiger partial charge in [-0.1, -0.05) is 11.6 Å². The number of nitriles is 1. The lowest BCUT2D eigenvalue weighted by Gasteiger charge is -2.05.